The van der Waals surface area contributed by atoms with Crippen molar-refractivity contribution in [2.75, 3.05) is 6.54 Å². The largest absolute Gasteiger partial charge is 0.366 e. The number of fused-ring (bicyclic) bond motifs is 1. The SMILES string of the molecule is C[C@@H](C(=O)N1CC(F)(F)C[C@H]1C#N)c1cc(C(N)=O)c2ccccc2n1. The molecule has 1 aliphatic rings. The van der Waals surface area contributed by atoms with Gasteiger partial charge in [0.25, 0.3) is 5.92 Å². The molecule has 1 saturated heterocycles. The first-order valence-corrected chi connectivity index (χ1v) is 8.01. The van der Waals surface area contributed by atoms with Crippen LogP contribution in [0.25, 0.3) is 10.9 Å². The number of carbonyl (C=O) groups is 2. The van der Waals surface area contributed by atoms with Gasteiger partial charge in [-0.05, 0) is 19.1 Å². The number of alkyl halides is 2. The number of likely N-dealkylation sites (tertiary alicyclic amines) is 1. The third-order valence-electron chi connectivity index (χ3n) is 4.52. The molecule has 0 spiro atoms. The van der Waals surface area contributed by atoms with Crippen molar-refractivity contribution in [2.45, 2.75) is 31.2 Å². The zero-order valence-corrected chi connectivity index (χ0v) is 13.9. The van der Waals surface area contributed by atoms with E-state index < -0.39 is 42.7 Å². The molecule has 1 fully saturated rings. The highest BCUT2D eigenvalue weighted by molar-refractivity contribution is 6.05. The van der Waals surface area contributed by atoms with Crippen LogP contribution >= 0.6 is 0 Å². The first kappa shape index (κ1) is 17.7. The van der Waals surface area contributed by atoms with E-state index in [9.17, 15) is 18.4 Å². The fourth-order valence-electron chi connectivity index (χ4n) is 3.16. The molecule has 8 heteroatoms. The number of rotatable bonds is 3. The minimum atomic E-state index is -3.09. The third-order valence-corrected chi connectivity index (χ3v) is 4.52. The number of nitrogens with two attached hydrogens (primary N) is 1. The number of halogens is 2. The molecule has 134 valence electrons. The molecule has 0 bridgehead atoms. The maximum absolute atomic E-state index is 13.6. The Balaban J connectivity index is 2.00. The Bertz CT molecular complexity index is 938. The van der Waals surface area contributed by atoms with Gasteiger partial charge in [-0.3, -0.25) is 14.6 Å². The summed E-state index contributed by atoms with van der Waals surface area (Å²) in [5.74, 6) is -5.30. The maximum Gasteiger partial charge on any atom is 0.268 e. The van der Waals surface area contributed by atoms with Crippen molar-refractivity contribution < 1.29 is 18.4 Å². The van der Waals surface area contributed by atoms with Crippen LogP contribution in [0.1, 0.15) is 35.3 Å². The quantitative estimate of drug-likeness (QED) is 0.909. The van der Waals surface area contributed by atoms with Crippen LogP contribution < -0.4 is 5.73 Å². The van der Waals surface area contributed by atoms with Crippen molar-refractivity contribution in [3.8, 4) is 6.07 Å². The molecule has 3 rings (SSSR count). The van der Waals surface area contributed by atoms with Gasteiger partial charge in [0, 0.05) is 11.8 Å². The molecule has 2 aromatic rings. The number of pyridine rings is 1. The van der Waals surface area contributed by atoms with Crippen molar-refractivity contribution in [1.29, 1.82) is 5.26 Å². The second kappa shape index (κ2) is 6.33. The summed E-state index contributed by atoms with van der Waals surface area (Å²) >= 11 is 0. The van der Waals surface area contributed by atoms with Gasteiger partial charge in [0.2, 0.25) is 11.8 Å². The molecule has 1 aromatic carbocycles. The molecular weight excluding hydrogens is 342 g/mol. The van der Waals surface area contributed by atoms with Crippen molar-refractivity contribution in [2.24, 2.45) is 5.73 Å². The lowest BCUT2D eigenvalue weighted by molar-refractivity contribution is -0.133. The smallest absolute Gasteiger partial charge is 0.268 e. The van der Waals surface area contributed by atoms with Crippen LogP contribution in [0, 0.1) is 11.3 Å². The van der Waals surface area contributed by atoms with Crippen molar-refractivity contribution in [1.82, 2.24) is 9.88 Å². The zero-order chi connectivity index (χ0) is 19.1. The van der Waals surface area contributed by atoms with Crippen molar-refractivity contribution >= 4 is 22.7 Å². The molecule has 2 amide bonds. The predicted molar refractivity (Wildman–Crippen MR) is 89.4 cm³/mol. The van der Waals surface area contributed by atoms with Crippen LogP contribution in [0.5, 0.6) is 0 Å². The Kier molecular flexibility index (Phi) is 4.32. The maximum atomic E-state index is 13.6. The van der Waals surface area contributed by atoms with Gasteiger partial charge in [-0.2, -0.15) is 5.26 Å². The van der Waals surface area contributed by atoms with E-state index in [1.807, 2.05) is 0 Å². The number of carbonyl (C=O) groups excluding carboxylic acids is 2. The lowest BCUT2D eigenvalue weighted by Crippen LogP contribution is -2.38. The number of nitriles is 1. The van der Waals surface area contributed by atoms with Gasteiger partial charge in [-0.15, -0.1) is 0 Å². The van der Waals surface area contributed by atoms with Gasteiger partial charge < -0.3 is 10.6 Å². The van der Waals surface area contributed by atoms with Crippen molar-refractivity contribution in [3.63, 3.8) is 0 Å². The van der Waals surface area contributed by atoms with Crippen LogP contribution in [-0.2, 0) is 4.79 Å². The summed E-state index contributed by atoms with van der Waals surface area (Å²) in [5, 5.41) is 9.62. The summed E-state index contributed by atoms with van der Waals surface area (Å²) in [6.45, 7) is 0.708. The standard InChI is InChI=1S/C18H16F2N4O2/c1-10(17(26)24-9-18(19,20)7-11(24)8-21)15-6-13(16(22)25)12-4-2-3-5-14(12)23-15/h2-6,10-11H,7,9H2,1H3,(H2,22,25)/t10-,11+/m1/s1. The van der Waals surface area contributed by atoms with Crippen LogP contribution in [0.3, 0.4) is 0 Å². The average Bonchev–Trinajstić information content (AvgIpc) is 2.94. The second-order valence-electron chi connectivity index (χ2n) is 6.37. The van der Waals surface area contributed by atoms with E-state index in [4.69, 9.17) is 11.0 Å². The van der Waals surface area contributed by atoms with Crippen LogP contribution in [0.2, 0.25) is 0 Å². The highest BCUT2D eigenvalue weighted by Gasteiger charge is 2.48. The molecule has 1 aliphatic heterocycles. The van der Waals surface area contributed by atoms with E-state index in [0.29, 0.717) is 10.9 Å². The summed E-state index contributed by atoms with van der Waals surface area (Å²) < 4.78 is 27.2. The zero-order valence-electron chi connectivity index (χ0n) is 13.9. The number of primary amides is 1. The number of hydrogen-bond donors (Lipinski definition) is 1. The van der Waals surface area contributed by atoms with E-state index in [-0.39, 0.29) is 11.3 Å². The number of hydrogen-bond acceptors (Lipinski definition) is 4. The van der Waals surface area contributed by atoms with Gasteiger partial charge in [0.1, 0.15) is 6.04 Å². The van der Waals surface area contributed by atoms with Gasteiger partial charge in [-0.25, -0.2) is 8.78 Å². The number of nitrogens with zero attached hydrogens (tertiary/aromatic N) is 3. The van der Waals surface area contributed by atoms with E-state index in [0.717, 1.165) is 4.90 Å². The summed E-state index contributed by atoms with van der Waals surface area (Å²) in [6.07, 6.45) is -0.681. The molecule has 0 aliphatic carbocycles. The third kappa shape index (κ3) is 3.08. The second-order valence-corrected chi connectivity index (χ2v) is 6.37. The number of para-hydroxylation sites is 1. The Labute approximate surface area is 148 Å². The van der Waals surface area contributed by atoms with E-state index >= 15 is 0 Å². The summed E-state index contributed by atoms with van der Waals surface area (Å²) in [5.41, 5.74) is 6.34. The molecule has 0 radical (unpaired) electrons. The molecule has 2 atom stereocenters. The summed E-state index contributed by atoms with van der Waals surface area (Å²) in [7, 11) is 0. The Morgan fingerprint density at radius 2 is 2.12 bits per heavy atom. The minimum Gasteiger partial charge on any atom is -0.366 e. The molecule has 2 N–H and O–H groups in total. The monoisotopic (exact) mass is 358 g/mol. The number of benzene rings is 1. The highest BCUT2D eigenvalue weighted by Crippen LogP contribution is 2.34. The highest BCUT2D eigenvalue weighted by atomic mass is 19.3. The van der Waals surface area contributed by atoms with Crippen LogP contribution in [0.15, 0.2) is 30.3 Å². The average molecular weight is 358 g/mol. The van der Waals surface area contributed by atoms with Crippen LogP contribution in [0.4, 0.5) is 8.78 Å². The Hall–Kier alpha value is -3.08. The minimum absolute atomic E-state index is 0.203. The fraction of sp³-hybridized carbons (Fsp3) is 0.333. The molecule has 26 heavy (non-hydrogen) atoms. The summed E-state index contributed by atoms with van der Waals surface area (Å²) in [4.78, 5) is 29.7. The first-order valence-electron chi connectivity index (χ1n) is 8.01. The van der Waals surface area contributed by atoms with Gasteiger partial charge in [0.05, 0.1) is 35.3 Å². The molecule has 2 heterocycles. The van der Waals surface area contributed by atoms with E-state index in [2.05, 4.69) is 4.98 Å². The fourth-order valence-corrected chi connectivity index (χ4v) is 3.16. The normalized spacial score (nSPS) is 19.9. The first-order chi connectivity index (χ1) is 12.2. The molecule has 0 unspecified atom stereocenters. The molecule has 1 aromatic heterocycles. The predicted octanol–water partition coefficient (Wildman–Crippen LogP) is 2.20. The number of amides is 2. The van der Waals surface area contributed by atoms with Crippen LogP contribution in [-0.4, -0.2) is 40.2 Å². The van der Waals surface area contributed by atoms with E-state index in [1.165, 1.54) is 13.0 Å². The molecular formula is C18H16F2N4O2. The van der Waals surface area contributed by atoms with Gasteiger partial charge in [0.15, 0.2) is 0 Å². The van der Waals surface area contributed by atoms with Gasteiger partial charge in [-0.1, -0.05) is 18.2 Å². The number of aromatic nitrogens is 1. The summed E-state index contributed by atoms with van der Waals surface area (Å²) in [6, 6.07) is 8.78. The molecule has 0 saturated carbocycles. The lowest BCUT2D eigenvalue weighted by atomic mass is 10.00. The lowest BCUT2D eigenvalue weighted by Gasteiger charge is -2.23. The Morgan fingerprint density at radius 1 is 1.42 bits per heavy atom. The van der Waals surface area contributed by atoms with Crippen molar-refractivity contribution in [3.05, 3.63) is 41.6 Å². The molecule has 6 nitrogen and oxygen atoms in total. The van der Waals surface area contributed by atoms with E-state index in [1.54, 1.807) is 30.3 Å². The Morgan fingerprint density at radius 3 is 2.77 bits per heavy atom. The van der Waals surface area contributed by atoms with Gasteiger partial charge >= 0.3 is 0 Å². The topological polar surface area (TPSA) is 100 Å².